The molecule has 1 heterocycles. The van der Waals surface area contributed by atoms with E-state index in [1.807, 2.05) is 36.4 Å². The van der Waals surface area contributed by atoms with Crippen molar-refractivity contribution in [3.05, 3.63) is 59.7 Å². The van der Waals surface area contributed by atoms with Crippen molar-refractivity contribution in [3.63, 3.8) is 0 Å². The smallest absolute Gasteiger partial charge is 0.269 e. The van der Waals surface area contributed by atoms with Crippen LogP contribution < -0.4 is 10.9 Å². The molecule has 3 aromatic rings. The molecular formula is C18H17N3O2S2. The normalized spacial score (nSPS) is 10.6. The molecule has 0 fully saturated rings. The molecule has 3 rings (SSSR count). The number of thiazole rings is 1. The summed E-state index contributed by atoms with van der Waals surface area (Å²) < 4.78 is 1.92. The van der Waals surface area contributed by atoms with E-state index in [2.05, 4.69) is 22.8 Å². The molecule has 2 aromatic carbocycles. The lowest BCUT2D eigenvalue weighted by Gasteiger charge is -2.07. The van der Waals surface area contributed by atoms with Crippen LogP contribution in [0.2, 0.25) is 0 Å². The van der Waals surface area contributed by atoms with Gasteiger partial charge < -0.3 is 0 Å². The van der Waals surface area contributed by atoms with Crippen LogP contribution in [0.3, 0.4) is 0 Å². The highest BCUT2D eigenvalue weighted by atomic mass is 32.2. The number of hydrazine groups is 1. The van der Waals surface area contributed by atoms with Crippen LogP contribution in [-0.2, 0) is 11.2 Å². The van der Waals surface area contributed by atoms with Crippen molar-refractivity contribution in [1.29, 1.82) is 0 Å². The quantitative estimate of drug-likeness (QED) is 0.533. The molecule has 0 unspecified atom stereocenters. The van der Waals surface area contributed by atoms with Crippen LogP contribution in [0.5, 0.6) is 0 Å². The van der Waals surface area contributed by atoms with Crippen LogP contribution in [0.1, 0.15) is 22.8 Å². The van der Waals surface area contributed by atoms with E-state index in [-0.39, 0.29) is 17.6 Å². The lowest BCUT2D eigenvalue weighted by atomic mass is 10.1. The highest BCUT2D eigenvalue weighted by molar-refractivity contribution is 8.01. The monoisotopic (exact) mass is 371 g/mol. The number of nitrogens with zero attached hydrogens (tertiary/aromatic N) is 1. The van der Waals surface area contributed by atoms with E-state index in [1.165, 1.54) is 11.8 Å². The van der Waals surface area contributed by atoms with E-state index in [0.717, 1.165) is 26.5 Å². The van der Waals surface area contributed by atoms with Gasteiger partial charge in [0.1, 0.15) is 0 Å². The molecule has 0 spiro atoms. The zero-order valence-corrected chi connectivity index (χ0v) is 15.2. The van der Waals surface area contributed by atoms with Gasteiger partial charge in [-0.1, -0.05) is 43.0 Å². The first-order valence-electron chi connectivity index (χ1n) is 7.82. The fourth-order valence-corrected chi connectivity index (χ4v) is 4.04. The fourth-order valence-electron chi connectivity index (χ4n) is 2.17. The van der Waals surface area contributed by atoms with Gasteiger partial charge in [0, 0.05) is 5.56 Å². The Labute approximate surface area is 153 Å². The highest BCUT2D eigenvalue weighted by Crippen LogP contribution is 2.28. The number of amides is 2. The van der Waals surface area contributed by atoms with Crippen molar-refractivity contribution in [1.82, 2.24) is 15.8 Å². The van der Waals surface area contributed by atoms with Crippen molar-refractivity contribution in [2.75, 3.05) is 5.75 Å². The van der Waals surface area contributed by atoms with E-state index in [0.29, 0.717) is 5.56 Å². The molecule has 0 aliphatic heterocycles. The van der Waals surface area contributed by atoms with Crippen molar-refractivity contribution >= 4 is 45.1 Å². The molecule has 2 amide bonds. The molecule has 128 valence electrons. The number of carbonyl (C=O) groups excluding carboxylic acids is 2. The van der Waals surface area contributed by atoms with Gasteiger partial charge >= 0.3 is 0 Å². The number of carbonyl (C=O) groups is 2. The fraction of sp³-hybridized carbons (Fsp3) is 0.167. The number of nitrogens with one attached hydrogen (secondary N) is 2. The summed E-state index contributed by atoms with van der Waals surface area (Å²) in [5, 5.41) is 0. The number of aryl methyl sites for hydroxylation is 1. The molecule has 1 aromatic heterocycles. The Bertz CT molecular complexity index is 858. The standard InChI is InChI=1S/C18H17N3O2S2/c1-2-12-7-9-13(10-8-12)17(23)21-20-16(22)11-24-18-19-14-5-3-4-6-15(14)25-18/h3-10H,2,11H2,1H3,(H,20,22)(H,21,23). The topological polar surface area (TPSA) is 71.1 Å². The number of hydrogen-bond acceptors (Lipinski definition) is 5. The Balaban J connectivity index is 1.47. The largest absolute Gasteiger partial charge is 0.272 e. The predicted molar refractivity (Wildman–Crippen MR) is 102 cm³/mol. The molecule has 2 N–H and O–H groups in total. The average molecular weight is 371 g/mol. The van der Waals surface area contributed by atoms with Crippen LogP contribution >= 0.6 is 23.1 Å². The molecule has 0 aliphatic rings. The Morgan fingerprint density at radius 2 is 1.84 bits per heavy atom. The van der Waals surface area contributed by atoms with Crippen molar-refractivity contribution < 1.29 is 9.59 Å². The molecule has 25 heavy (non-hydrogen) atoms. The second-order valence-corrected chi connectivity index (χ2v) is 7.54. The van der Waals surface area contributed by atoms with Crippen LogP contribution in [-0.4, -0.2) is 22.6 Å². The van der Waals surface area contributed by atoms with Gasteiger partial charge in [0.15, 0.2) is 4.34 Å². The summed E-state index contributed by atoms with van der Waals surface area (Å²) in [5.41, 5.74) is 7.46. The van der Waals surface area contributed by atoms with E-state index in [1.54, 1.807) is 23.5 Å². The molecule has 0 saturated heterocycles. The minimum Gasteiger partial charge on any atom is -0.272 e. The molecule has 0 aliphatic carbocycles. The minimum atomic E-state index is -0.332. The van der Waals surface area contributed by atoms with Crippen molar-refractivity contribution in [2.24, 2.45) is 0 Å². The van der Waals surface area contributed by atoms with Crippen molar-refractivity contribution in [2.45, 2.75) is 17.7 Å². The molecule has 0 bridgehead atoms. The van der Waals surface area contributed by atoms with Gasteiger partial charge in [-0.3, -0.25) is 20.4 Å². The number of aromatic nitrogens is 1. The summed E-state index contributed by atoms with van der Waals surface area (Å²) in [4.78, 5) is 28.4. The van der Waals surface area contributed by atoms with E-state index < -0.39 is 0 Å². The number of benzene rings is 2. The maximum atomic E-state index is 12.0. The summed E-state index contributed by atoms with van der Waals surface area (Å²) >= 11 is 2.90. The molecule has 7 heteroatoms. The molecule has 0 radical (unpaired) electrons. The van der Waals surface area contributed by atoms with Crippen LogP contribution in [0.4, 0.5) is 0 Å². The third kappa shape index (κ3) is 4.58. The second kappa shape index (κ2) is 8.13. The summed E-state index contributed by atoms with van der Waals surface area (Å²) in [7, 11) is 0. The summed E-state index contributed by atoms with van der Waals surface area (Å²) in [6, 6.07) is 15.1. The van der Waals surface area contributed by atoms with Gasteiger partial charge in [0.2, 0.25) is 5.91 Å². The van der Waals surface area contributed by atoms with Crippen molar-refractivity contribution in [3.8, 4) is 0 Å². The molecule has 0 saturated carbocycles. The Morgan fingerprint density at radius 1 is 1.08 bits per heavy atom. The number of hydrogen-bond donors (Lipinski definition) is 2. The summed E-state index contributed by atoms with van der Waals surface area (Å²) in [5.74, 6) is -0.418. The SMILES string of the molecule is CCc1ccc(C(=O)NNC(=O)CSc2nc3ccccc3s2)cc1. The Kier molecular flexibility index (Phi) is 5.67. The van der Waals surface area contributed by atoms with Crippen LogP contribution in [0.15, 0.2) is 52.9 Å². The van der Waals surface area contributed by atoms with E-state index in [9.17, 15) is 9.59 Å². The van der Waals surface area contributed by atoms with E-state index >= 15 is 0 Å². The average Bonchev–Trinajstić information content (AvgIpc) is 3.07. The highest BCUT2D eigenvalue weighted by Gasteiger charge is 2.10. The first kappa shape index (κ1) is 17.4. The summed E-state index contributed by atoms with van der Waals surface area (Å²) in [6.07, 6.45) is 0.918. The van der Waals surface area contributed by atoms with Gasteiger partial charge in [-0.2, -0.15) is 0 Å². The third-order valence-corrected chi connectivity index (χ3v) is 5.72. The Morgan fingerprint density at radius 3 is 2.56 bits per heavy atom. The number of para-hydroxylation sites is 1. The lowest BCUT2D eigenvalue weighted by Crippen LogP contribution is -2.42. The van der Waals surface area contributed by atoms with Gasteiger partial charge in [0.05, 0.1) is 16.0 Å². The summed E-state index contributed by atoms with van der Waals surface area (Å²) in [6.45, 7) is 2.05. The minimum absolute atomic E-state index is 0.189. The first-order chi connectivity index (χ1) is 12.2. The van der Waals surface area contributed by atoms with Gasteiger partial charge in [0.25, 0.3) is 5.91 Å². The third-order valence-electron chi connectivity index (χ3n) is 3.54. The van der Waals surface area contributed by atoms with Crippen LogP contribution in [0.25, 0.3) is 10.2 Å². The van der Waals surface area contributed by atoms with Crippen LogP contribution in [0, 0.1) is 0 Å². The maximum Gasteiger partial charge on any atom is 0.269 e. The van der Waals surface area contributed by atoms with Gasteiger partial charge in [-0.15, -0.1) is 11.3 Å². The number of fused-ring (bicyclic) bond motifs is 1. The Hall–Kier alpha value is -2.38. The zero-order valence-electron chi connectivity index (χ0n) is 13.6. The lowest BCUT2D eigenvalue weighted by molar-refractivity contribution is -0.119. The van der Waals surface area contributed by atoms with E-state index in [4.69, 9.17) is 0 Å². The predicted octanol–water partition coefficient (Wildman–Crippen LogP) is 3.41. The zero-order chi connectivity index (χ0) is 17.6. The molecule has 5 nitrogen and oxygen atoms in total. The van der Waals surface area contributed by atoms with Gasteiger partial charge in [-0.25, -0.2) is 4.98 Å². The molecular weight excluding hydrogens is 354 g/mol. The number of rotatable bonds is 5. The first-order valence-corrected chi connectivity index (χ1v) is 9.62. The number of thioether (sulfide) groups is 1. The second-order valence-electron chi connectivity index (χ2n) is 5.29. The maximum absolute atomic E-state index is 12.0. The van der Waals surface area contributed by atoms with Gasteiger partial charge in [-0.05, 0) is 36.2 Å². The molecule has 0 atom stereocenters.